The lowest BCUT2D eigenvalue weighted by Gasteiger charge is -2.50. The van der Waals surface area contributed by atoms with Crippen molar-refractivity contribution in [1.82, 2.24) is 5.01 Å². The number of rotatable bonds is 6. The number of fused-ring (bicyclic) bond motifs is 4. The molecule has 4 aromatic rings. The molecular formula is C40H33Br2N3O6. The number of nitrogens with one attached hydrogen (secondary N) is 1. The van der Waals surface area contributed by atoms with Crippen molar-refractivity contribution in [3.05, 3.63) is 128 Å². The molecule has 51 heavy (non-hydrogen) atoms. The van der Waals surface area contributed by atoms with E-state index in [1.807, 2.05) is 67.6 Å². The van der Waals surface area contributed by atoms with Gasteiger partial charge < -0.3 is 9.84 Å². The maximum atomic E-state index is 15.3. The summed E-state index contributed by atoms with van der Waals surface area (Å²) < 4.78 is 7.01. The molecule has 6 atom stereocenters. The number of amides is 4. The van der Waals surface area contributed by atoms with Crippen LogP contribution in [0.15, 0.2) is 112 Å². The van der Waals surface area contributed by atoms with Crippen LogP contribution >= 0.6 is 31.9 Å². The minimum atomic E-state index is -1.52. The molecule has 4 aliphatic rings. The number of ether oxygens (including phenoxy) is 1. The Labute approximate surface area is 311 Å². The molecule has 2 aliphatic heterocycles. The topological polar surface area (TPSA) is 116 Å². The van der Waals surface area contributed by atoms with Crippen molar-refractivity contribution in [2.45, 2.75) is 31.1 Å². The summed E-state index contributed by atoms with van der Waals surface area (Å²) in [5, 5.41) is 13.0. The van der Waals surface area contributed by atoms with Crippen LogP contribution in [0.2, 0.25) is 0 Å². The first-order valence-electron chi connectivity index (χ1n) is 16.7. The molecule has 0 bridgehead atoms. The standard InChI is InChI=1S/C40H33Br2N3O6/c1-21-8-12-25(13-9-21)43-45-37(48)31-20-29-27(16-17-28-33(29)38(49)44(36(28)47)26-14-10-23(41)11-15-26)34(30-18-24(42)19-32(51-2)35(30)46)40(31,39(45)50)22-6-4-3-5-7-22/h3-16,18-19,28-29,31,33-34,43,46H,17,20H2,1-2H3/t28-,29+,31-,33-,34+,40+/m0/s1. The largest absolute Gasteiger partial charge is 0.504 e. The van der Waals surface area contributed by atoms with Crippen molar-refractivity contribution in [1.29, 1.82) is 0 Å². The van der Waals surface area contributed by atoms with Gasteiger partial charge in [0.2, 0.25) is 11.8 Å². The first-order valence-corrected chi connectivity index (χ1v) is 18.3. The van der Waals surface area contributed by atoms with E-state index in [4.69, 9.17) is 4.74 Å². The van der Waals surface area contributed by atoms with E-state index in [-0.39, 0.29) is 36.2 Å². The minimum absolute atomic E-state index is 0.147. The van der Waals surface area contributed by atoms with Crippen LogP contribution in [0.5, 0.6) is 11.5 Å². The van der Waals surface area contributed by atoms with Crippen LogP contribution in [0.25, 0.3) is 0 Å². The molecule has 2 saturated heterocycles. The maximum absolute atomic E-state index is 15.3. The summed E-state index contributed by atoms with van der Waals surface area (Å²) in [6.45, 7) is 1.95. The van der Waals surface area contributed by atoms with Crippen LogP contribution in [0, 0.1) is 30.6 Å². The molecule has 8 rings (SSSR count). The number of phenolic OH excluding ortho intramolecular Hbond substituents is 1. The summed E-state index contributed by atoms with van der Waals surface area (Å²) in [4.78, 5) is 59.9. The third-order valence-electron chi connectivity index (χ3n) is 11.1. The fourth-order valence-electron chi connectivity index (χ4n) is 8.91. The lowest BCUT2D eigenvalue weighted by atomic mass is 9.49. The molecule has 0 aromatic heterocycles. The Morgan fingerprint density at radius 3 is 2.24 bits per heavy atom. The zero-order chi connectivity index (χ0) is 35.8. The summed E-state index contributed by atoms with van der Waals surface area (Å²) in [6, 6.07) is 27.0. The second kappa shape index (κ2) is 12.5. The molecule has 0 unspecified atom stereocenters. The van der Waals surface area contributed by atoms with Crippen molar-refractivity contribution >= 4 is 66.9 Å². The van der Waals surface area contributed by atoms with Gasteiger partial charge in [-0.1, -0.05) is 91.5 Å². The smallest absolute Gasteiger partial charge is 0.260 e. The lowest BCUT2D eigenvalue weighted by molar-refractivity contribution is -0.138. The number of methoxy groups -OCH3 is 1. The van der Waals surface area contributed by atoms with Gasteiger partial charge in [0, 0.05) is 20.4 Å². The van der Waals surface area contributed by atoms with Gasteiger partial charge in [-0.25, -0.2) is 0 Å². The molecule has 4 amide bonds. The highest BCUT2D eigenvalue weighted by atomic mass is 79.9. The zero-order valence-electron chi connectivity index (χ0n) is 27.7. The van der Waals surface area contributed by atoms with Gasteiger partial charge in [0.1, 0.15) is 0 Å². The molecule has 11 heteroatoms. The third kappa shape index (κ3) is 4.99. The molecule has 2 aliphatic carbocycles. The maximum Gasteiger partial charge on any atom is 0.260 e. The van der Waals surface area contributed by atoms with E-state index in [9.17, 15) is 19.5 Å². The number of anilines is 2. The number of halogens is 2. The number of hydrazine groups is 1. The normalized spacial score (nSPS) is 26.8. The Hall–Kier alpha value is -4.74. The number of hydrogen-bond donors (Lipinski definition) is 2. The number of nitrogens with zero attached hydrogens (tertiary/aromatic N) is 2. The molecule has 0 radical (unpaired) electrons. The number of carbonyl (C=O) groups excluding carboxylic acids is 4. The van der Waals surface area contributed by atoms with E-state index in [0.717, 1.165) is 20.6 Å². The van der Waals surface area contributed by atoms with Gasteiger partial charge in [-0.2, -0.15) is 5.01 Å². The first kappa shape index (κ1) is 33.4. The SMILES string of the molecule is COc1cc(Br)cc([C@H]2C3=CC[C@@H]4C(=O)N(c5ccc(Br)cc5)C(=O)[C@@H]4[C@@H]3C[C@H]3C(=O)N(Nc4ccc(C)cc4)C(=O)[C@@]23c2ccccc2)c1O. The van der Waals surface area contributed by atoms with Crippen LogP contribution in [0.4, 0.5) is 11.4 Å². The van der Waals surface area contributed by atoms with Crippen LogP contribution in [0.1, 0.15) is 35.4 Å². The highest BCUT2D eigenvalue weighted by Crippen LogP contribution is 2.65. The van der Waals surface area contributed by atoms with Gasteiger partial charge >= 0.3 is 0 Å². The molecule has 4 aromatic carbocycles. The predicted octanol–water partition coefficient (Wildman–Crippen LogP) is 7.42. The Kier molecular flexibility index (Phi) is 8.18. The number of carbonyl (C=O) groups is 4. The summed E-state index contributed by atoms with van der Waals surface area (Å²) in [7, 11) is 1.45. The van der Waals surface area contributed by atoms with Crippen molar-refractivity contribution in [2.75, 3.05) is 17.4 Å². The fraction of sp³-hybridized carbons (Fsp3) is 0.250. The Bertz CT molecular complexity index is 2140. The van der Waals surface area contributed by atoms with Gasteiger partial charge in [0.05, 0.1) is 41.7 Å². The number of hydrogen-bond acceptors (Lipinski definition) is 7. The van der Waals surface area contributed by atoms with Crippen LogP contribution in [0.3, 0.4) is 0 Å². The van der Waals surface area contributed by atoms with Crippen LogP contribution < -0.4 is 15.1 Å². The molecule has 0 spiro atoms. The Morgan fingerprint density at radius 1 is 0.843 bits per heavy atom. The van der Waals surface area contributed by atoms with Crippen LogP contribution in [-0.2, 0) is 24.6 Å². The van der Waals surface area contributed by atoms with Crippen LogP contribution in [-0.4, -0.2) is 40.9 Å². The summed E-state index contributed by atoms with van der Waals surface area (Å²) >= 11 is 7.02. The quantitative estimate of drug-likeness (QED) is 0.154. The highest BCUT2D eigenvalue weighted by molar-refractivity contribution is 9.10. The minimum Gasteiger partial charge on any atom is -0.504 e. The van der Waals surface area contributed by atoms with E-state index < -0.39 is 46.8 Å². The van der Waals surface area contributed by atoms with Crippen molar-refractivity contribution in [3.8, 4) is 11.5 Å². The predicted molar refractivity (Wildman–Crippen MR) is 198 cm³/mol. The van der Waals surface area contributed by atoms with E-state index in [1.54, 1.807) is 36.4 Å². The van der Waals surface area contributed by atoms with Gasteiger partial charge in [0.15, 0.2) is 11.5 Å². The Morgan fingerprint density at radius 2 is 1.55 bits per heavy atom. The highest BCUT2D eigenvalue weighted by Gasteiger charge is 2.70. The Balaban J connectivity index is 1.35. The number of allylic oxidation sites excluding steroid dienone is 2. The molecule has 258 valence electrons. The zero-order valence-corrected chi connectivity index (χ0v) is 30.8. The summed E-state index contributed by atoms with van der Waals surface area (Å²) in [6.07, 6.45) is 2.38. The second-order valence-corrected chi connectivity index (χ2v) is 15.5. The van der Waals surface area contributed by atoms with E-state index in [0.29, 0.717) is 27.0 Å². The van der Waals surface area contributed by atoms with Gasteiger partial charge in [-0.3, -0.25) is 29.5 Å². The molecule has 1 saturated carbocycles. The number of aryl methyl sites for hydroxylation is 1. The molecule has 2 heterocycles. The van der Waals surface area contributed by atoms with E-state index in [1.165, 1.54) is 12.0 Å². The van der Waals surface area contributed by atoms with Crippen molar-refractivity contribution < 1.29 is 29.0 Å². The van der Waals surface area contributed by atoms with E-state index >= 15 is 4.79 Å². The average molecular weight is 812 g/mol. The van der Waals surface area contributed by atoms with Crippen molar-refractivity contribution in [2.24, 2.45) is 23.7 Å². The molecule has 9 nitrogen and oxygen atoms in total. The second-order valence-electron chi connectivity index (χ2n) is 13.6. The third-order valence-corrected chi connectivity index (χ3v) is 12.1. The van der Waals surface area contributed by atoms with Gasteiger partial charge in [-0.15, -0.1) is 0 Å². The first-order chi connectivity index (χ1) is 24.6. The average Bonchev–Trinajstić information content (AvgIpc) is 3.51. The van der Waals surface area contributed by atoms with E-state index in [2.05, 4.69) is 37.3 Å². The monoisotopic (exact) mass is 809 g/mol. The lowest BCUT2D eigenvalue weighted by Crippen LogP contribution is -2.53. The summed E-state index contributed by atoms with van der Waals surface area (Å²) in [5.41, 5.74) is 5.36. The van der Waals surface area contributed by atoms with Gasteiger partial charge in [-0.05, 0) is 79.8 Å². The number of imide groups is 2. The number of aromatic hydroxyl groups is 1. The molecular weight excluding hydrogens is 778 g/mol. The summed E-state index contributed by atoms with van der Waals surface area (Å²) in [5.74, 6) is -5.36. The van der Waals surface area contributed by atoms with Gasteiger partial charge in [0.25, 0.3) is 11.8 Å². The molecule has 3 fully saturated rings. The molecule has 2 N–H and O–H groups in total. The van der Waals surface area contributed by atoms with Crippen molar-refractivity contribution in [3.63, 3.8) is 0 Å². The number of benzene rings is 4. The number of phenols is 1. The fourth-order valence-corrected chi connectivity index (χ4v) is 9.63.